The Labute approximate surface area is 563 Å². The van der Waals surface area contributed by atoms with Gasteiger partial charge < -0.3 is 14.4 Å². The maximum absolute atomic E-state index is 3.13. The maximum atomic E-state index is 2.69. The lowest BCUT2D eigenvalue weighted by Gasteiger charge is -2.45. The van der Waals surface area contributed by atoms with Gasteiger partial charge in [0.2, 0.25) is 0 Å². The molecule has 450 valence electrons. The predicted molar refractivity (Wildman–Crippen MR) is 413 cm³/mol. The van der Waals surface area contributed by atoms with Crippen LogP contribution in [0.4, 0.5) is 34.1 Å². The molecule has 0 aliphatic carbocycles. The number of para-hydroxylation sites is 2. The molecule has 2 aliphatic heterocycles. The van der Waals surface area contributed by atoms with E-state index in [0.29, 0.717) is 0 Å². The number of hydrogen-bond donors (Lipinski definition) is 0. The van der Waals surface area contributed by atoms with Crippen molar-refractivity contribution in [3.8, 4) is 27.9 Å². The molecule has 0 unspecified atom stereocenters. The summed E-state index contributed by atoms with van der Waals surface area (Å²) in [6.07, 6.45) is 0. The first-order valence-corrected chi connectivity index (χ1v) is 37.3. The van der Waals surface area contributed by atoms with E-state index in [1.807, 2.05) is 0 Å². The molecule has 0 amide bonds. The molecule has 0 N–H and O–H groups in total. The molecule has 0 saturated carbocycles. The largest absolute Gasteiger partial charge is 0.311 e. The second kappa shape index (κ2) is 23.6. The van der Waals surface area contributed by atoms with Crippen LogP contribution < -0.4 is 67.7 Å². The minimum atomic E-state index is -3.13. The quantitative estimate of drug-likeness (QED) is 0.0842. The fourth-order valence-electron chi connectivity index (χ4n) is 16.3. The Hall–Kier alpha value is -11.8. The van der Waals surface area contributed by atoms with Crippen molar-refractivity contribution >= 4 is 137 Å². The monoisotopic (exact) mass is 1250 g/mol. The van der Waals surface area contributed by atoms with E-state index in [2.05, 4.69) is 403 Å². The minimum absolute atomic E-state index is 0.182. The first kappa shape index (κ1) is 56.9. The van der Waals surface area contributed by atoms with Gasteiger partial charge in [-0.15, -0.1) is 0 Å². The summed E-state index contributed by atoms with van der Waals surface area (Å²) in [7, 11) is -6.22. The van der Waals surface area contributed by atoms with Gasteiger partial charge in [-0.3, -0.25) is 0 Å². The van der Waals surface area contributed by atoms with Crippen molar-refractivity contribution in [1.82, 2.24) is 4.57 Å². The molecule has 1 aromatic heterocycles. The highest BCUT2D eigenvalue weighted by atomic mass is 28.3. The Morgan fingerprint density at radius 3 is 1.01 bits per heavy atom. The molecule has 18 rings (SSSR count). The predicted octanol–water partition coefficient (Wildman–Crippen LogP) is 15.0. The average molecular weight is 1250 g/mol. The van der Waals surface area contributed by atoms with Gasteiger partial charge in [-0.25, -0.2) is 0 Å². The molecule has 16 aromatic rings. The zero-order chi connectivity index (χ0) is 63.6. The van der Waals surface area contributed by atoms with Crippen LogP contribution in [0.2, 0.25) is 0 Å². The van der Waals surface area contributed by atoms with Crippen molar-refractivity contribution in [3.05, 3.63) is 388 Å². The van der Waals surface area contributed by atoms with Crippen molar-refractivity contribution in [1.29, 1.82) is 0 Å². The Morgan fingerprint density at radius 1 is 0.208 bits per heavy atom. The van der Waals surface area contributed by atoms with Gasteiger partial charge in [-0.1, -0.05) is 328 Å². The highest BCUT2D eigenvalue weighted by Crippen LogP contribution is 2.47. The van der Waals surface area contributed by atoms with Crippen LogP contribution in [-0.2, 0) is 0 Å². The summed E-state index contributed by atoms with van der Waals surface area (Å²) in [5.41, 5.74) is 18.6. The molecular formula is C90H64BN3Si2. The van der Waals surface area contributed by atoms with Gasteiger partial charge >= 0.3 is 0 Å². The van der Waals surface area contributed by atoms with Crippen LogP contribution in [0.25, 0.3) is 49.7 Å². The van der Waals surface area contributed by atoms with Crippen LogP contribution in [0.5, 0.6) is 0 Å². The van der Waals surface area contributed by atoms with Gasteiger partial charge in [0.15, 0.2) is 16.1 Å². The third-order valence-electron chi connectivity index (χ3n) is 20.4. The molecule has 0 bridgehead atoms. The molecule has 0 spiro atoms. The van der Waals surface area contributed by atoms with Crippen LogP contribution in [0.15, 0.2) is 388 Å². The second-order valence-corrected chi connectivity index (χ2v) is 33.1. The fourth-order valence-corrected chi connectivity index (χ4v) is 25.9. The lowest BCUT2D eigenvalue weighted by molar-refractivity contribution is 1.16. The molecule has 0 fully saturated rings. The van der Waals surface area contributed by atoms with E-state index < -0.39 is 16.1 Å². The number of fused-ring (bicyclic) bond motifs is 7. The van der Waals surface area contributed by atoms with Crippen molar-refractivity contribution in [2.75, 3.05) is 9.80 Å². The fraction of sp³-hybridized carbons (Fsp3) is 0. The van der Waals surface area contributed by atoms with E-state index in [9.17, 15) is 0 Å². The zero-order valence-electron chi connectivity index (χ0n) is 52.9. The van der Waals surface area contributed by atoms with E-state index in [0.717, 1.165) is 50.8 Å². The highest BCUT2D eigenvalue weighted by Gasteiger charge is 2.48. The van der Waals surface area contributed by atoms with Gasteiger partial charge in [0, 0.05) is 44.9 Å². The normalized spacial score (nSPS) is 12.5. The number of rotatable bonds is 13. The number of nitrogens with zero attached hydrogens (tertiary/aromatic N) is 3. The van der Waals surface area contributed by atoms with Crippen molar-refractivity contribution in [2.24, 2.45) is 0 Å². The Kier molecular flexibility index (Phi) is 14.0. The van der Waals surface area contributed by atoms with Crippen molar-refractivity contribution < 1.29 is 0 Å². The van der Waals surface area contributed by atoms with Gasteiger partial charge in [0.25, 0.3) is 6.71 Å². The maximum Gasteiger partial charge on any atom is 0.252 e. The smallest absolute Gasteiger partial charge is 0.252 e. The zero-order valence-corrected chi connectivity index (χ0v) is 54.9. The van der Waals surface area contributed by atoms with Gasteiger partial charge in [-0.2, -0.15) is 0 Å². The number of anilines is 6. The van der Waals surface area contributed by atoms with Gasteiger partial charge in [0.1, 0.15) is 0 Å². The summed E-state index contributed by atoms with van der Waals surface area (Å²) < 4.78 is 2.53. The summed E-state index contributed by atoms with van der Waals surface area (Å²) in [6.45, 7) is -0.182. The molecule has 96 heavy (non-hydrogen) atoms. The van der Waals surface area contributed by atoms with E-state index in [1.165, 1.54) is 90.9 Å². The molecule has 2 aliphatic rings. The van der Waals surface area contributed by atoms with E-state index in [4.69, 9.17) is 0 Å². The summed E-state index contributed by atoms with van der Waals surface area (Å²) in [5.74, 6) is 0. The summed E-state index contributed by atoms with van der Waals surface area (Å²) in [5, 5.41) is 13.0. The lowest BCUT2D eigenvalue weighted by Crippen LogP contribution is -2.75. The number of aromatic nitrogens is 1. The summed E-state index contributed by atoms with van der Waals surface area (Å²) in [6, 6.07) is 147. The van der Waals surface area contributed by atoms with Crippen molar-refractivity contribution in [2.45, 2.75) is 0 Å². The molecule has 15 aromatic carbocycles. The third kappa shape index (κ3) is 9.09. The molecule has 0 saturated heterocycles. The van der Waals surface area contributed by atoms with Crippen LogP contribution >= 0.6 is 0 Å². The second-order valence-electron chi connectivity index (χ2n) is 25.4. The van der Waals surface area contributed by atoms with Crippen LogP contribution in [0, 0.1) is 0 Å². The van der Waals surface area contributed by atoms with Gasteiger partial charge in [0.05, 0.1) is 16.7 Å². The van der Waals surface area contributed by atoms with E-state index in [-0.39, 0.29) is 6.71 Å². The SMILES string of the molecule is c1ccc(-c2ccc(N3c4cc(-c5ccccc5)ccc4B4c5ccc([Si](c6ccccc6)(c6ccccc6)c6ccccc6)cc5N(c5cccc([Si](c6ccccc6)(c6ccccc6)c6ccccc6)c5)c5cc(-n6c7ccccc7c7ccccc76)cc3c54)cc2)cc1. The number of hydrogen-bond acceptors (Lipinski definition) is 2. The first-order valence-electron chi connectivity index (χ1n) is 33.3. The van der Waals surface area contributed by atoms with Gasteiger partial charge in [-0.05, 0) is 141 Å². The third-order valence-corrected chi connectivity index (χ3v) is 30.0. The minimum Gasteiger partial charge on any atom is -0.311 e. The molecule has 3 heterocycles. The molecule has 0 atom stereocenters. The lowest BCUT2D eigenvalue weighted by atomic mass is 9.33. The van der Waals surface area contributed by atoms with E-state index in [1.54, 1.807) is 0 Å². The van der Waals surface area contributed by atoms with E-state index >= 15 is 0 Å². The summed E-state index contributed by atoms with van der Waals surface area (Å²) in [4.78, 5) is 5.28. The van der Waals surface area contributed by atoms with Crippen LogP contribution in [-0.4, -0.2) is 27.4 Å². The standard InChI is InChI=1S/C90H64BN3Si2/c1-9-30-65(31-10-1)67-52-55-69(56-53-67)92-86-60-68(66-32-11-2-12-33-66)54-58-82(86)91-83-59-57-79(96(75-41-19-6-20-42-75,76-43-21-7-22-44-76)77-45-23-8-24-46-77)64-87(83)93(89-63-71(62-88(92)90(89)91)94-84-50-27-25-48-80(84)81-49-26-28-51-85(81)94)70-34-29-47-78(61-70)95(72-35-13-3-14-36-72,73-37-15-4-16-38-73)74-39-17-5-18-40-74/h1-64H. The molecule has 6 heteroatoms. The highest BCUT2D eigenvalue weighted by molar-refractivity contribution is 7.20. The Morgan fingerprint density at radius 2 is 0.552 bits per heavy atom. The first-order chi connectivity index (χ1) is 47.6. The van der Waals surface area contributed by atoms with Crippen LogP contribution in [0.1, 0.15) is 0 Å². The summed E-state index contributed by atoms with van der Waals surface area (Å²) >= 11 is 0. The molecular weight excluding hydrogens is 1190 g/mol. The van der Waals surface area contributed by atoms with Crippen LogP contribution in [0.3, 0.4) is 0 Å². The number of benzene rings is 15. The van der Waals surface area contributed by atoms with Crippen molar-refractivity contribution in [3.63, 3.8) is 0 Å². The molecule has 3 nitrogen and oxygen atoms in total. The average Bonchev–Trinajstić information content (AvgIpc) is 0.762. The Balaban J connectivity index is 0.994. The molecule has 0 radical (unpaired) electrons. The Bertz CT molecular complexity index is 5280. The topological polar surface area (TPSA) is 11.4 Å².